The van der Waals surface area contributed by atoms with Crippen molar-refractivity contribution in [2.24, 2.45) is 0 Å². The zero-order valence-electron chi connectivity index (χ0n) is 8.33. The van der Waals surface area contributed by atoms with Crippen LogP contribution >= 0.6 is 0 Å². The molecule has 0 saturated carbocycles. The van der Waals surface area contributed by atoms with Gasteiger partial charge < -0.3 is 0 Å². The molecule has 0 saturated heterocycles. The van der Waals surface area contributed by atoms with E-state index in [1.807, 2.05) is 30.3 Å². The van der Waals surface area contributed by atoms with Crippen molar-refractivity contribution < 1.29 is 8.42 Å². The van der Waals surface area contributed by atoms with Crippen molar-refractivity contribution in [3.05, 3.63) is 47.4 Å². The van der Waals surface area contributed by atoms with Gasteiger partial charge in [0.2, 0.25) is 10.0 Å². The first-order chi connectivity index (χ1) is 7.18. The summed E-state index contributed by atoms with van der Waals surface area (Å²) in [4.78, 5) is 0. The van der Waals surface area contributed by atoms with Crippen LogP contribution in [0.1, 0.15) is 12.0 Å². The molecule has 0 amide bonds. The van der Waals surface area contributed by atoms with Gasteiger partial charge in [0.05, 0.1) is 0 Å². The lowest BCUT2D eigenvalue weighted by Gasteiger charge is -2.22. The fraction of sp³-hybridized carbons (Fsp3) is 0.273. The molecule has 0 fully saturated rings. The molecular weight excluding hydrogens is 210 g/mol. The Labute approximate surface area is 90.1 Å². The third-order valence-corrected chi connectivity index (χ3v) is 3.94. The van der Waals surface area contributed by atoms with Gasteiger partial charge >= 0.3 is 0 Å². The molecule has 3 nitrogen and oxygen atoms in total. The molecule has 0 bridgehead atoms. The SMILES string of the molecule is O=S1(=O)C=CCCN1Cc1ccccc1. The first kappa shape index (κ1) is 10.4. The van der Waals surface area contributed by atoms with Gasteiger partial charge in [-0.05, 0) is 12.0 Å². The highest BCUT2D eigenvalue weighted by molar-refractivity contribution is 7.92. The molecule has 0 spiro atoms. The first-order valence-electron chi connectivity index (χ1n) is 4.89. The highest BCUT2D eigenvalue weighted by Gasteiger charge is 2.21. The average molecular weight is 223 g/mol. The maximum Gasteiger partial charge on any atom is 0.236 e. The Morgan fingerprint density at radius 3 is 2.60 bits per heavy atom. The summed E-state index contributed by atoms with van der Waals surface area (Å²) < 4.78 is 24.8. The average Bonchev–Trinajstić information content (AvgIpc) is 2.23. The molecule has 0 unspecified atom stereocenters. The third kappa shape index (κ3) is 2.46. The third-order valence-electron chi connectivity index (χ3n) is 2.38. The summed E-state index contributed by atoms with van der Waals surface area (Å²) in [6.07, 6.45) is 2.50. The van der Waals surface area contributed by atoms with E-state index in [0.29, 0.717) is 13.1 Å². The molecule has 1 heterocycles. The molecule has 80 valence electrons. The second-order valence-corrected chi connectivity index (χ2v) is 5.34. The Morgan fingerprint density at radius 1 is 1.20 bits per heavy atom. The van der Waals surface area contributed by atoms with Crippen LogP contribution in [-0.2, 0) is 16.6 Å². The van der Waals surface area contributed by atoms with Crippen molar-refractivity contribution in [3.63, 3.8) is 0 Å². The fourth-order valence-electron chi connectivity index (χ4n) is 1.58. The lowest BCUT2D eigenvalue weighted by molar-refractivity contribution is 0.413. The largest absolute Gasteiger partial charge is 0.236 e. The van der Waals surface area contributed by atoms with Gasteiger partial charge in [0.15, 0.2) is 0 Å². The van der Waals surface area contributed by atoms with Gasteiger partial charge in [0.1, 0.15) is 0 Å². The van der Waals surface area contributed by atoms with Crippen LogP contribution in [-0.4, -0.2) is 19.3 Å². The highest BCUT2D eigenvalue weighted by Crippen LogP contribution is 2.15. The molecular formula is C11H13NO2S. The number of benzene rings is 1. The van der Waals surface area contributed by atoms with Crippen LogP contribution in [0.15, 0.2) is 41.8 Å². The van der Waals surface area contributed by atoms with Crippen molar-refractivity contribution in [2.75, 3.05) is 6.54 Å². The molecule has 0 atom stereocenters. The van der Waals surface area contributed by atoms with Crippen LogP contribution in [0.3, 0.4) is 0 Å². The van der Waals surface area contributed by atoms with Gasteiger partial charge in [-0.3, -0.25) is 0 Å². The van der Waals surface area contributed by atoms with Gasteiger partial charge in [-0.15, -0.1) is 0 Å². The molecule has 1 aliphatic heterocycles. The Morgan fingerprint density at radius 2 is 1.93 bits per heavy atom. The van der Waals surface area contributed by atoms with Crippen LogP contribution in [0.25, 0.3) is 0 Å². The number of rotatable bonds is 2. The predicted molar refractivity (Wildman–Crippen MR) is 59.5 cm³/mol. The second-order valence-electron chi connectivity index (χ2n) is 3.52. The normalized spacial score (nSPS) is 20.3. The summed E-state index contributed by atoms with van der Waals surface area (Å²) in [5.74, 6) is 0. The number of hydrogen-bond donors (Lipinski definition) is 0. The molecule has 0 N–H and O–H groups in total. The molecule has 0 radical (unpaired) electrons. The Hall–Kier alpha value is -1.13. The van der Waals surface area contributed by atoms with Gasteiger partial charge in [-0.2, -0.15) is 4.31 Å². The molecule has 1 aromatic carbocycles. The molecule has 1 aliphatic rings. The van der Waals surface area contributed by atoms with Crippen LogP contribution in [0.5, 0.6) is 0 Å². The monoisotopic (exact) mass is 223 g/mol. The predicted octanol–water partition coefficient (Wildman–Crippen LogP) is 1.74. The lowest BCUT2D eigenvalue weighted by Crippen LogP contribution is -2.31. The van der Waals surface area contributed by atoms with E-state index in [1.54, 1.807) is 6.08 Å². The van der Waals surface area contributed by atoms with Gasteiger partial charge in [0, 0.05) is 18.5 Å². The zero-order valence-corrected chi connectivity index (χ0v) is 9.15. The summed E-state index contributed by atoms with van der Waals surface area (Å²) in [5.41, 5.74) is 1.02. The van der Waals surface area contributed by atoms with Gasteiger partial charge in [-0.1, -0.05) is 36.4 Å². The maximum absolute atomic E-state index is 11.6. The molecule has 0 aliphatic carbocycles. The number of nitrogens with zero attached hydrogens (tertiary/aromatic N) is 1. The minimum Gasteiger partial charge on any atom is -0.208 e. The van der Waals surface area contributed by atoms with Crippen LogP contribution in [0.4, 0.5) is 0 Å². The zero-order chi connectivity index (χ0) is 10.7. The quantitative estimate of drug-likeness (QED) is 0.765. The summed E-state index contributed by atoms with van der Waals surface area (Å²) in [7, 11) is -3.17. The summed E-state index contributed by atoms with van der Waals surface area (Å²) in [6, 6.07) is 9.64. The van der Waals surface area contributed by atoms with E-state index in [9.17, 15) is 8.42 Å². The van der Waals surface area contributed by atoms with Crippen LogP contribution < -0.4 is 0 Å². The lowest BCUT2D eigenvalue weighted by atomic mass is 10.2. The van der Waals surface area contributed by atoms with E-state index in [1.165, 1.54) is 9.71 Å². The number of sulfonamides is 1. The fourth-order valence-corrected chi connectivity index (χ4v) is 2.82. The topological polar surface area (TPSA) is 37.4 Å². The van der Waals surface area contributed by atoms with E-state index in [2.05, 4.69) is 0 Å². The van der Waals surface area contributed by atoms with Crippen molar-refractivity contribution >= 4 is 10.0 Å². The minimum atomic E-state index is -3.17. The number of hydrogen-bond acceptors (Lipinski definition) is 2. The van der Waals surface area contributed by atoms with Crippen LogP contribution in [0, 0.1) is 0 Å². The smallest absolute Gasteiger partial charge is 0.208 e. The second kappa shape index (κ2) is 4.16. The summed E-state index contributed by atoms with van der Waals surface area (Å²) in [5, 5.41) is 1.29. The Kier molecular flexibility index (Phi) is 2.88. The molecule has 1 aromatic rings. The van der Waals surface area contributed by atoms with E-state index < -0.39 is 10.0 Å². The molecule has 15 heavy (non-hydrogen) atoms. The standard InChI is InChI=1S/C11H13NO2S/c13-15(14)9-5-4-8-12(15)10-11-6-2-1-3-7-11/h1-3,5-7,9H,4,8,10H2. The van der Waals surface area contributed by atoms with Crippen molar-refractivity contribution in [1.29, 1.82) is 0 Å². The van der Waals surface area contributed by atoms with E-state index in [-0.39, 0.29) is 0 Å². The van der Waals surface area contributed by atoms with E-state index >= 15 is 0 Å². The van der Waals surface area contributed by atoms with E-state index in [4.69, 9.17) is 0 Å². The van der Waals surface area contributed by atoms with Crippen LogP contribution in [0.2, 0.25) is 0 Å². The van der Waals surface area contributed by atoms with Crippen molar-refractivity contribution in [3.8, 4) is 0 Å². The summed E-state index contributed by atoms with van der Waals surface area (Å²) >= 11 is 0. The Bertz CT molecular complexity index is 451. The van der Waals surface area contributed by atoms with Gasteiger partial charge in [0.25, 0.3) is 0 Å². The molecule has 2 rings (SSSR count). The molecule has 0 aromatic heterocycles. The maximum atomic E-state index is 11.6. The van der Waals surface area contributed by atoms with Crippen molar-refractivity contribution in [1.82, 2.24) is 4.31 Å². The van der Waals surface area contributed by atoms with E-state index in [0.717, 1.165) is 12.0 Å². The Balaban J connectivity index is 2.17. The van der Waals surface area contributed by atoms with Gasteiger partial charge in [-0.25, -0.2) is 8.42 Å². The first-order valence-corrected chi connectivity index (χ1v) is 6.39. The van der Waals surface area contributed by atoms with Crippen molar-refractivity contribution in [2.45, 2.75) is 13.0 Å². The molecule has 4 heteroatoms. The minimum absolute atomic E-state index is 0.466. The summed E-state index contributed by atoms with van der Waals surface area (Å²) in [6.45, 7) is 1.04. The highest BCUT2D eigenvalue weighted by atomic mass is 32.2.